The first-order chi connectivity index (χ1) is 12.3. The molecular formula is C19H35N5O. The molecule has 0 bridgehead atoms. The summed E-state index contributed by atoms with van der Waals surface area (Å²) < 4.78 is 7.87. The summed E-state index contributed by atoms with van der Waals surface area (Å²) in [4.78, 5) is 11.4. The number of nitrogens with one attached hydrogen (secondary N) is 1. The molecule has 1 aliphatic rings. The normalized spacial score (nSPS) is 21.6. The Labute approximate surface area is 152 Å². The van der Waals surface area contributed by atoms with Crippen LogP contribution in [0.1, 0.15) is 52.5 Å². The maximum Gasteiger partial charge on any atom is 0.193 e. The Morgan fingerprint density at radius 1 is 1.32 bits per heavy atom. The Kier molecular flexibility index (Phi) is 8.80. The van der Waals surface area contributed by atoms with Gasteiger partial charge in [0, 0.05) is 51.8 Å². The molecule has 6 nitrogen and oxygen atoms in total. The fraction of sp³-hybridized carbons (Fsp3) is 0.789. The van der Waals surface area contributed by atoms with Crippen LogP contribution in [0.2, 0.25) is 0 Å². The highest BCUT2D eigenvalue weighted by atomic mass is 16.5. The highest BCUT2D eigenvalue weighted by Crippen LogP contribution is 2.27. The molecule has 1 aromatic heterocycles. The largest absolute Gasteiger partial charge is 0.381 e. The minimum atomic E-state index is 0.456. The first-order valence-corrected chi connectivity index (χ1v) is 9.84. The summed E-state index contributed by atoms with van der Waals surface area (Å²) in [6.45, 7) is 12.1. The van der Waals surface area contributed by atoms with Crippen molar-refractivity contribution < 1.29 is 4.74 Å². The van der Waals surface area contributed by atoms with Crippen molar-refractivity contribution >= 4 is 5.96 Å². The molecular weight excluding hydrogens is 314 g/mol. The van der Waals surface area contributed by atoms with E-state index in [2.05, 4.69) is 46.7 Å². The predicted molar refractivity (Wildman–Crippen MR) is 103 cm³/mol. The van der Waals surface area contributed by atoms with Crippen molar-refractivity contribution in [3.05, 3.63) is 18.7 Å². The second kappa shape index (κ2) is 11.1. The quantitative estimate of drug-likeness (QED) is 0.423. The van der Waals surface area contributed by atoms with E-state index in [1.807, 2.05) is 12.5 Å². The third-order valence-corrected chi connectivity index (χ3v) is 4.81. The lowest BCUT2D eigenvalue weighted by atomic mass is 9.93. The summed E-state index contributed by atoms with van der Waals surface area (Å²) >= 11 is 0. The molecule has 25 heavy (non-hydrogen) atoms. The summed E-state index contributed by atoms with van der Waals surface area (Å²) in [6.07, 6.45) is 10.4. The van der Waals surface area contributed by atoms with Crippen molar-refractivity contribution in [3.63, 3.8) is 0 Å². The second-order valence-corrected chi connectivity index (χ2v) is 6.84. The van der Waals surface area contributed by atoms with Crippen LogP contribution in [0.4, 0.5) is 0 Å². The van der Waals surface area contributed by atoms with Crippen LogP contribution in [0.25, 0.3) is 0 Å². The third-order valence-electron chi connectivity index (χ3n) is 4.81. The maximum atomic E-state index is 5.63. The van der Waals surface area contributed by atoms with E-state index in [0.29, 0.717) is 12.0 Å². The van der Waals surface area contributed by atoms with E-state index in [0.717, 1.165) is 58.2 Å². The molecule has 142 valence electrons. The second-order valence-electron chi connectivity index (χ2n) is 6.84. The lowest BCUT2D eigenvalue weighted by Gasteiger charge is -2.39. The number of hydrogen-bond donors (Lipinski definition) is 1. The molecule has 2 atom stereocenters. The standard InChI is InChI=1S/C19H35N5O/c1-4-6-13-25-14-7-9-22-19(21-5-2)23-11-8-17(3)18(15-23)24-12-10-20-16-24/h10,12,16-18H,4-9,11,13-15H2,1-3H3,(H,21,22). The van der Waals surface area contributed by atoms with Gasteiger partial charge in [-0.25, -0.2) is 4.98 Å². The minimum absolute atomic E-state index is 0.456. The van der Waals surface area contributed by atoms with E-state index in [4.69, 9.17) is 9.73 Å². The Hall–Kier alpha value is -1.56. The average molecular weight is 350 g/mol. The van der Waals surface area contributed by atoms with E-state index in [1.165, 1.54) is 12.8 Å². The fourth-order valence-electron chi connectivity index (χ4n) is 3.22. The van der Waals surface area contributed by atoms with Gasteiger partial charge >= 0.3 is 0 Å². The Morgan fingerprint density at radius 2 is 2.16 bits per heavy atom. The van der Waals surface area contributed by atoms with E-state index in [9.17, 15) is 0 Å². The number of imidazole rings is 1. The smallest absolute Gasteiger partial charge is 0.193 e. The van der Waals surface area contributed by atoms with Gasteiger partial charge in [-0.1, -0.05) is 20.3 Å². The molecule has 1 fully saturated rings. The lowest BCUT2D eigenvalue weighted by molar-refractivity contribution is 0.130. The first kappa shape index (κ1) is 19.8. The number of piperidine rings is 1. The maximum absolute atomic E-state index is 5.63. The van der Waals surface area contributed by atoms with Crippen molar-refractivity contribution in [2.24, 2.45) is 10.9 Å². The van der Waals surface area contributed by atoms with Crippen LogP contribution in [0.15, 0.2) is 23.7 Å². The number of guanidine groups is 1. The molecule has 1 saturated heterocycles. The molecule has 0 spiro atoms. The van der Waals surface area contributed by atoms with Gasteiger partial charge in [0.05, 0.1) is 12.4 Å². The highest BCUT2D eigenvalue weighted by molar-refractivity contribution is 5.80. The number of aliphatic imine (C=N–C) groups is 1. The topological polar surface area (TPSA) is 54.7 Å². The van der Waals surface area contributed by atoms with Crippen LogP contribution >= 0.6 is 0 Å². The van der Waals surface area contributed by atoms with Crippen molar-refractivity contribution in [3.8, 4) is 0 Å². The molecule has 0 aromatic carbocycles. The molecule has 0 saturated carbocycles. The van der Waals surface area contributed by atoms with Crippen molar-refractivity contribution in [1.29, 1.82) is 0 Å². The Balaban J connectivity index is 1.86. The molecule has 1 aliphatic heterocycles. The SMILES string of the molecule is CCCCOCCCN=C(NCC)N1CCC(C)C(n2ccnc2)C1. The van der Waals surface area contributed by atoms with Crippen molar-refractivity contribution in [2.45, 2.75) is 52.5 Å². The molecule has 0 amide bonds. The van der Waals surface area contributed by atoms with Gasteiger partial charge in [-0.3, -0.25) is 4.99 Å². The number of likely N-dealkylation sites (tertiary alicyclic amines) is 1. The monoisotopic (exact) mass is 349 g/mol. The van der Waals surface area contributed by atoms with Crippen LogP contribution < -0.4 is 5.32 Å². The third kappa shape index (κ3) is 6.34. The molecule has 2 unspecified atom stereocenters. The van der Waals surface area contributed by atoms with Gasteiger partial charge in [0.1, 0.15) is 0 Å². The van der Waals surface area contributed by atoms with Gasteiger partial charge < -0.3 is 19.5 Å². The van der Waals surface area contributed by atoms with Crippen LogP contribution in [0, 0.1) is 5.92 Å². The van der Waals surface area contributed by atoms with E-state index in [-0.39, 0.29) is 0 Å². The first-order valence-electron chi connectivity index (χ1n) is 9.84. The zero-order valence-corrected chi connectivity index (χ0v) is 16.2. The van der Waals surface area contributed by atoms with Crippen LogP contribution in [-0.4, -0.2) is 59.8 Å². The highest BCUT2D eigenvalue weighted by Gasteiger charge is 2.28. The van der Waals surface area contributed by atoms with Gasteiger partial charge in [0.15, 0.2) is 5.96 Å². The van der Waals surface area contributed by atoms with Gasteiger partial charge in [-0.2, -0.15) is 0 Å². The number of hydrogen-bond acceptors (Lipinski definition) is 3. The van der Waals surface area contributed by atoms with Crippen LogP contribution in [-0.2, 0) is 4.74 Å². The average Bonchev–Trinajstić information content (AvgIpc) is 3.15. The van der Waals surface area contributed by atoms with E-state index >= 15 is 0 Å². The number of nitrogens with zero attached hydrogens (tertiary/aromatic N) is 4. The Morgan fingerprint density at radius 3 is 2.88 bits per heavy atom. The summed E-state index contributed by atoms with van der Waals surface area (Å²) in [5.74, 6) is 1.69. The van der Waals surface area contributed by atoms with E-state index < -0.39 is 0 Å². The number of ether oxygens (including phenoxy) is 1. The molecule has 6 heteroatoms. The molecule has 0 radical (unpaired) electrons. The van der Waals surface area contributed by atoms with E-state index in [1.54, 1.807) is 0 Å². The van der Waals surface area contributed by atoms with Gasteiger partial charge in [0.25, 0.3) is 0 Å². The molecule has 2 heterocycles. The van der Waals surface area contributed by atoms with Gasteiger partial charge in [-0.15, -0.1) is 0 Å². The number of rotatable bonds is 9. The molecule has 1 N–H and O–H groups in total. The Bertz CT molecular complexity index is 488. The predicted octanol–water partition coefficient (Wildman–Crippen LogP) is 2.94. The van der Waals surface area contributed by atoms with Crippen LogP contribution in [0.5, 0.6) is 0 Å². The lowest BCUT2D eigenvalue weighted by Crippen LogP contribution is -2.49. The summed E-state index contributed by atoms with van der Waals surface area (Å²) in [5, 5.41) is 3.45. The number of unbranched alkanes of at least 4 members (excludes halogenated alkanes) is 1. The zero-order chi connectivity index (χ0) is 17.9. The summed E-state index contributed by atoms with van der Waals surface area (Å²) in [7, 11) is 0. The summed E-state index contributed by atoms with van der Waals surface area (Å²) in [5.41, 5.74) is 0. The van der Waals surface area contributed by atoms with Crippen LogP contribution in [0.3, 0.4) is 0 Å². The fourth-order valence-corrected chi connectivity index (χ4v) is 3.22. The minimum Gasteiger partial charge on any atom is -0.381 e. The van der Waals surface area contributed by atoms with Crippen molar-refractivity contribution in [2.75, 3.05) is 39.4 Å². The van der Waals surface area contributed by atoms with Gasteiger partial charge in [-0.05, 0) is 32.1 Å². The molecule has 0 aliphatic carbocycles. The van der Waals surface area contributed by atoms with Crippen molar-refractivity contribution in [1.82, 2.24) is 19.8 Å². The molecule has 1 aromatic rings. The summed E-state index contributed by atoms with van der Waals surface area (Å²) in [6, 6.07) is 0.456. The zero-order valence-electron chi connectivity index (χ0n) is 16.2. The number of aromatic nitrogens is 2. The molecule has 2 rings (SSSR count). The van der Waals surface area contributed by atoms with Gasteiger partial charge in [0.2, 0.25) is 0 Å².